The highest BCUT2D eigenvalue weighted by Crippen LogP contribution is 2.22. The molecule has 0 amide bonds. The van der Waals surface area contributed by atoms with Crippen LogP contribution in [0.25, 0.3) is 11.4 Å². The molecule has 5 nitrogen and oxygen atoms in total. The topological polar surface area (TPSA) is 51.1 Å². The van der Waals surface area contributed by atoms with Gasteiger partial charge in [0.25, 0.3) is 0 Å². The summed E-state index contributed by atoms with van der Waals surface area (Å²) in [5, 5.41) is 0.00576. The molecule has 0 radical (unpaired) electrons. The van der Waals surface area contributed by atoms with Gasteiger partial charge < -0.3 is 9.64 Å². The smallest absolute Gasteiger partial charge is 0.230 e. The highest BCUT2D eigenvalue weighted by atomic mass is 35.5. The van der Waals surface area contributed by atoms with Crippen molar-refractivity contribution in [3.8, 4) is 11.4 Å². The van der Waals surface area contributed by atoms with Crippen LogP contribution in [0.4, 0.5) is 14.7 Å². The molecule has 1 saturated heterocycles. The first-order chi connectivity index (χ1) is 10.1. The van der Waals surface area contributed by atoms with Crippen molar-refractivity contribution in [2.24, 2.45) is 0 Å². The van der Waals surface area contributed by atoms with E-state index in [1.807, 2.05) is 4.90 Å². The Morgan fingerprint density at radius 2 is 1.81 bits per heavy atom. The van der Waals surface area contributed by atoms with Gasteiger partial charge in [-0.3, -0.25) is 0 Å². The quantitative estimate of drug-likeness (QED) is 0.851. The van der Waals surface area contributed by atoms with Gasteiger partial charge in [0.15, 0.2) is 17.5 Å². The number of benzene rings is 1. The minimum Gasteiger partial charge on any atom is -0.378 e. The molecule has 3 rings (SSSR count). The first-order valence-corrected chi connectivity index (χ1v) is 6.71. The largest absolute Gasteiger partial charge is 0.378 e. The zero-order valence-electron chi connectivity index (χ0n) is 10.9. The summed E-state index contributed by atoms with van der Waals surface area (Å²) in [7, 11) is 0. The van der Waals surface area contributed by atoms with Gasteiger partial charge in [0.05, 0.1) is 13.2 Å². The lowest BCUT2D eigenvalue weighted by Gasteiger charge is -2.26. The molecule has 110 valence electrons. The summed E-state index contributed by atoms with van der Waals surface area (Å²) < 4.78 is 31.6. The number of hydrogen-bond acceptors (Lipinski definition) is 5. The summed E-state index contributed by atoms with van der Waals surface area (Å²) in [5.41, 5.74) is 0.340. The van der Waals surface area contributed by atoms with Crippen LogP contribution in [0.1, 0.15) is 0 Å². The summed E-state index contributed by atoms with van der Waals surface area (Å²) in [5.74, 6) is -1.28. The Bertz CT molecular complexity index is 665. The Morgan fingerprint density at radius 3 is 2.52 bits per heavy atom. The predicted octanol–water partition coefficient (Wildman–Crippen LogP) is 2.31. The first kappa shape index (κ1) is 14.1. The lowest BCUT2D eigenvalue weighted by atomic mass is 10.2. The molecule has 1 aromatic carbocycles. The van der Waals surface area contributed by atoms with Crippen LogP contribution in [-0.4, -0.2) is 41.3 Å². The molecule has 8 heteroatoms. The van der Waals surface area contributed by atoms with Gasteiger partial charge in [-0.2, -0.15) is 15.0 Å². The van der Waals surface area contributed by atoms with Gasteiger partial charge in [0, 0.05) is 18.7 Å². The summed E-state index contributed by atoms with van der Waals surface area (Å²) in [6, 6.07) is 3.45. The van der Waals surface area contributed by atoms with Gasteiger partial charge in [-0.15, -0.1) is 0 Å². The molecule has 0 atom stereocenters. The zero-order chi connectivity index (χ0) is 14.8. The van der Waals surface area contributed by atoms with Gasteiger partial charge in [-0.25, -0.2) is 8.78 Å². The lowest BCUT2D eigenvalue weighted by molar-refractivity contribution is 0.122. The van der Waals surface area contributed by atoms with E-state index in [-0.39, 0.29) is 11.1 Å². The molecule has 0 aliphatic carbocycles. The van der Waals surface area contributed by atoms with E-state index in [2.05, 4.69) is 15.0 Å². The number of nitrogens with zero attached hydrogens (tertiary/aromatic N) is 4. The summed E-state index contributed by atoms with van der Waals surface area (Å²) in [6.45, 7) is 2.42. The summed E-state index contributed by atoms with van der Waals surface area (Å²) >= 11 is 5.90. The molecule has 0 spiro atoms. The van der Waals surface area contributed by atoms with Crippen LogP contribution < -0.4 is 4.90 Å². The minimum absolute atomic E-state index is 0.00576. The van der Waals surface area contributed by atoms with E-state index in [0.29, 0.717) is 37.8 Å². The van der Waals surface area contributed by atoms with Crippen molar-refractivity contribution in [1.82, 2.24) is 15.0 Å². The van der Waals surface area contributed by atoms with E-state index >= 15 is 0 Å². The monoisotopic (exact) mass is 312 g/mol. The second-order valence-corrected chi connectivity index (χ2v) is 4.79. The Labute approximate surface area is 124 Å². The maximum Gasteiger partial charge on any atom is 0.230 e. The average molecular weight is 313 g/mol. The second-order valence-electron chi connectivity index (χ2n) is 4.46. The van der Waals surface area contributed by atoms with Gasteiger partial charge in [0.1, 0.15) is 0 Å². The van der Waals surface area contributed by atoms with Crippen molar-refractivity contribution in [3.05, 3.63) is 35.1 Å². The maximum absolute atomic E-state index is 13.3. The third kappa shape index (κ3) is 3.08. The van der Waals surface area contributed by atoms with Crippen LogP contribution >= 0.6 is 11.6 Å². The van der Waals surface area contributed by atoms with E-state index in [0.717, 1.165) is 12.1 Å². The molecule has 1 aromatic heterocycles. The maximum atomic E-state index is 13.3. The molecule has 0 bridgehead atoms. The fourth-order valence-corrected chi connectivity index (χ4v) is 2.16. The Morgan fingerprint density at radius 1 is 1.05 bits per heavy atom. The van der Waals surface area contributed by atoms with Crippen molar-refractivity contribution >= 4 is 17.5 Å². The minimum atomic E-state index is -0.961. The fourth-order valence-electron chi connectivity index (χ4n) is 2.01. The molecular formula is C13H11ClF2N4O. The molecule has 2 heterocycles. The van der Waals surface area contributed by atoms with Crippen molar-refractivity contribution in [3.63, 3.8) is 0 Å². The number of anilines is 1. The molecule has 1 fully saturated rings. The van der Waals surface area contributed by atoms with E-state index in [1.54, 1.807) is 0 Å². The standard InChI is InChI=1S/C13H11ClF2N4O/c14-12-17-11(8-1-2-9(15)10(16)7-8)18-13(19-12)20-3-5-21-6-4-20/h1-2,7H,3-6H2. The molecule has 1 aliphatic rings. The molecule has 1 aliphatic heterocycles. The number of hydrogen-bond donors (Lipinski definition) is 0. The van der Waals surface area contributed by atoms with Crippen LogP contribution in [0.3, 0.4) is 0 Å². The SMILES string of the molecule is Fc1ccc(-c2nc(Cl)nc(N3CCOCC3)n2)cc1F. The predicted molar refractivity (Wildman–Crippen MR) is 73.2 cm³/mol. The Hall–Kier alpha value is -1.86. The lowest BCUT2D eigenvalue weighted by Crippen LogP contribution is -2.37. The molecule has 21 heavy (non-hydrogen) atoms. The van der Waals surface area contributed by atoms with Gasteiger partial charge in [-0.05, 0) is 29.8 Å². The van der Waals surface area contributed by atoms with Crippen LogP contribution in [0.5, 0.6) is 0 Å². The molecule has 0 saturated carbocycles. The van der Waals surface area contributed by atoms with Crippen LogP contribution in [0, 0.1) is 11.6 Å². The van der Waals surface area contributed by atoms with E-state index < -0.39 is 11.6 Å². The van der Waals surface area contributed by atoms with Crippen LogP contribution in [0.15, 0.2) is 18.2 Å². The van der Waals surface area contributed by atoms with Crippen molar-refractivity contribution in [2.45, 2.75) is 0 Å². The van der Waals surface area contributed by atoms with Gasteiger partial charge in [-0.1, -0.05) is 0 Å². The van der Waals surface area contributed by atoms with E-state index in [1.165, 1.54) is 6.07 Å². The third-order valence-corrected chi connectivity index (χ3v) is 3.24. The summed E-state index contributed by atoms with van der Waals surface area (Å²) in [6.07, 6.45) is 0. The summed E-state index contributed by atoms with van der Waals surface area (Å²) in [4.78, 5) is 14.2. The Kier molecular flexibility index (Phi) is 3.94. The zero-order valence-corrected chi connectivity index (χ0v) is 11.6. The number of rotatable bonds is 2. The molecule has 0 N–H and O–H groups in total. The van der Waals surface area contributed by atoms with E-state index in [4.69, 9.17) is 16.3 Å². The highest BCUT2D eigenvalue weighted by Gasteiger charge is 2.17. The molecule has 2 aromatic rings. The van der Waals surface area contributed by atoms with Crippen LogP contribution in [0.2, 0.25) is 5.28 Å². The number of ether oxygens (including phenoxy) is 1. The number of halogens is 3. The van der Waals surface area contributed by atoms with Crippen molar-refractivity contribution < 1.29 is 13.5 Å². The fraction of sp³-hybridized carbons (Fsp3) is 0.308. The third-order valence-electron chi connectivity index (χ3n) is 3.07. The second kappa shape index (κ2) is 5.87. The number of aromatic nitrogens is 3. The van der Waals surface area contributed by atoms with Gasteiger partial charge in [0.2, 0.25) is 11.2 Å². The molecule has 0 unspecified atom stereocenters. The van der Waals surface area contributed by atoms with Gasteiger partial charge >= 0.3 is 0 Å². The van der Waals surface area contributed by atoms with Crippen LogP contribution in [-0.2, 0) is 4.74 Å². The highest BCUT2D eigenvalue weighted by molar-refractivity contribution is 6.28. The molecular weight excluding hydrogens is 302 g/mol. The normalized spacial score (nSPS) is 15.3. The van der Waals surface area contributed by atoms with E-state index in [9.17, 15) is 8.78 Å². The number of morpholine rings is 1. The average Bonchev–Trinajstić information content (AvgIpc) is 2.50. The Balaban J connectivity index is 1.98. The first-order valence-electron chi connectivity index (χ1n) is 6.33. The van der Waals surface area contributed by atoms with Crippen molar-refractivity contribution in [1.29, 1.82) is 0 Å². The van der Waals surface area contributed by atoms with Crippen molar-refractivity contribution in [2.75, 3.05) is 31.2 Å².